The van der Waals surface area contributed by atoms with Gasteiger partial charge in [0.1, 0.15) is 12.4 Å². The topological polar surface area (TPSA) is 50.7 Å². The van der Waals surface area contributed by atoms with E-state index in [2.05, 4.69) is 44.3 Å². The molecule has 3 rings (SSSR count). The molecule has 0 saturated carbocycles. The van der Waals surface area contributed by atoms with Gasteiger partial charge in [-0.25, -0.2) is 4.98 Å². The van der Waals surface area contributed by atoms with E-state index in [0.717, 1.165) is 42.9 Å². The van der Waals surface area contributed by atoms with Gasteiger partial charge < -0.3 is 14.4 Å². The van der Waals surface area contributed by atoms with Crippen LogP contribution in [-0.4, -0.2) is 54.7 Å². The fourth-order valence-electron chi connectivity index (χ4n) is 2.97. The third kappa shape index (κ3) is 3.85. The first-order valence-electron chi connectivity index (χ1n) is 8.15. The summed E-state index contributed by atoms with van der Waals surface area (Å²) in [5, 5.41) is 0.996. The molecule has 2 aromatic rings. The quantitative estimate of drug-likeness (QED) is 0.800. The van der Waals surface area contributed by atoms with Crippen LogP contribution in [0.2, 0.25) is 0 Å². The molecule has 1 aromatic carbocycles. The van der Waals surface area contributed by atoms with Crippen molar-refractivity contribution in [3.63, 3.8) is 0 Å². The third-order valence-corrected chi connectivity index (χ3v) is 5.25. The van der Waals surface area contributed by atoms with Crippen LogP contribution in [0.5, 0.6) is 5.75 Å². The van der Waals surface area contributed by atoms with Crippen molar-refractivity contribution in [1.29, 1.82) is 0 Å². The van der Waals surface area contributed by atoms with E-state index in [1.165, 1.54) is 17.1 Å². The van der Waals surface area contributed by atoms with Crippen molar-refractivity contribution in [3.05, 3.63) is 35.7 Å². The minimum atomic E-state index is 0.376. The Bertz CT molecular complexity index is 656. The van der Waals surface area contributed by atoms with E-state index < -0.39 is 0 Å². The molecule has 130 valence electrons. The Kier molecular flexibility index (Phi) is 5.65. The summed E-state index contributed by atoms with van der Waals surface area (Å²) in [5.41, 5.74) is 1.29. The number of benzene rings is 1. The molecule has 6 nitrogen and oxygen atoms in total. The van der Waals surface area contributed by atoms with Crippen LogP contribution in [-0.2, 0) is 11.3 Å². The van der Waals surface area contributed by atoms with Crippen molar-refractivity contribution in [1.82, 2.24) is 14.3 Å². The van der Waals surface area contributed by atoms with Crippen LogP contribution in [0.1, 0.15) is 24.4 Å². The van der Waals surface area contributed by atoms with Crippen LogP contribution in [0.4, 0.5) is 5.13 Å². The Morgan fingerprint density at radius 2 is 2.00 bits per heavy atom. The molecule has 1 saturated heterocycles. The minimum absolute atomic E-state index is 0.376. The van der Waals surface area contributed by atoms with Gasteiger partial charge in [-0.1, -0.05) is 12.1 Å². The summed E-state index contributed by atoms with van der Waals surface area (Å²) in [7, 11) is 3.38. The van der Waals surface area contributed by atoms with Gasteiger partial charge in [-0.3, -0.25) is 4.90 Å². The highest BCUT2D eigenvalue weighted by Crippen LogP contribution is 2.26. The van der Waals surface area contributed by atoms with Crippen molar-refractivity contribution >= 4 is 16.7 Å². The first-order chi connectivity index (χ1) is 11.7. The van der Waals surface area contributed by atoms with E-state index >= 15 is 0 Å². The highest BCUT2D eigenvalue weighted by atomic mass is 32.1. The summed E-state index contributed by atoms with van der Waals surface area (Å²) in [4.78, 5) is 9.36. The number of nitrogens with zero attached hydrogens (tertiary/aromatic N) is 4. The van der Waals surface area contributed by atoms with Crippen LogP contribution in [0.3, 0.4) is 0 Å². The lowest BCUT2D eigenvalue weighted by molar-refractivity contribution is 0.178. The molecule has 0 bridgehead atoms. The average molecular weight is 348 g/mol. The maximum absolute atomic E-state index is 5.34. The van der Waals surface area contributed by atoms with Crippen molar-refractivity contribution < 1.29 is 9.47 Å². The summed E-state index contributed by atoms with van der Waals surface area (Å²) >= 11 is 1.46. The molecule has 0 radical (unpaired) electrons. The highest BCUT2D eigenvalue weighted by Gasteiger charge is 2.24. The maximum atomic E-state index is 5.34. The van der Waals surface area contributed by atoms with E-state index in [1.54, 1.807) is 14.2 Å². The molecule has 0 aliphatic carbocycles. The second-order valence-electron chi connectivity index (χ2n) is 5.90. The summed E-state index contributed by atoms with van der Waals surface area (Å²) < 4.78 is 14.8. The van der Waals surface area contributed by atoms with Gasteiger partial charge in [-0.05, 0) is 24.6 Å². The zero-order valence-electron chi connectivity index (χ0n) is 14.4. The number of anilines is 1. The molecule has 0 spiro atoms. The molecule has 7 heteroatoms. The SMILES string of the molecule is COCc1nsc(N2CCN([C@H](C)c3cccc(OC)c3)CC2)n1. The monoisotopic (exact) mass is 348 g/mol. The van der Waals surface area contributed by atoms with Gasteiger partial charge >= 0.3 is 0 Å². The second kappa shape index (κ2) is 7.92. The van der Waals surface area contributed by atoms with Crippen LogP contribution >= 0.6 is 11.5 Å². The van der Waals surface area contributed by atoms with Gasteiger partial charge in [-0.15, -0.1) is 0 Å². The predicted molar refractivity (Wildman–Crippen MR) is 95.8 cm³/mol. The standard InChI is InChI=1S/C17H24N4O2S/c1-13(14-5-4-6-15(11-14)23-3)20-7-9-21(10-8-20)17-18-16(12-22-2)19-24-17/h4-6,11,13H,7-10,12H2,1-3H3/t13-/m1/s1. The zero-order valence-corrected chi connectivity index (χ0v) is 15.3. The number of piperazine rings is 1. The lowest BCUT2D eigenvalue weighted by atomic mass is 10.1. The highest BCUT2D eigenvalue weighted by molar-refractivity contribution is 7.09. The minimum Gasteiger partial charge on any atom is -0.497 e. The van der Waals surface area contributed by atoms with Crippen LogP contribution in [0.25, 0.3) is 0 Å². The first-order valence-corrected chi connectivity index (χ1v) is 8.93. The third-order valence-electron chi connectivity index (χ3n) is 4.44. The first kappa shape index (κ1) is 17.1. The van der Waals surface area contributed by atoms with E-state index in [1.807, 2.05) is 6.07 Å². The number of ether oxygens (including phenoxy) is 2. The summed E-state index contributed by atoms with van der Waals surface area (Å²) in [6, 6.07) is 8.71. The molecule has 0 unspecified atom stereocenters. The van der Waals surface area contributed by atoms with Crippen LogP contribution < -0.4 is 9.64 Å². The van der Waals surface area contributed by atoms with E-state index in [-0.39, 0.29) is 0 Å². The normalized spacial score (nSPS) is 17.0. The van der Waals surface area contributed by atoms with E-state index in [0.29, 0.717) is 12.6 Å². The fourth-order valence-corrected chi connectivity index (χ4v) is 3.70. The Labute approximate surface area is 147 Å². The molecule has 1 aromatic heterocycles. The number of aromatic nitrogens is 2. The largest absolute Gasteiger partial charge is 0.497 e. The van der Waals surface area contributed by atoms with Gasteiger partial charge in [0.05, 0.1) is 7.11 Å². The van der Waals surface area contributed by atoms with Crippen molar-refractivity contribution in [2.24, 2.45) is 0 Å². The maximum Gasteiger partial charge on any atom is 0.205 e. The Balaban J connectivity index is 1.59. The number of hydrogen-bond acceptors (Lipinski definition) is 7. The Morgan fingerprint density at radius 1 is 1.21 bits per heavy atom. The number of rotatable bonds is 6. The van der Waals surface area contributed by atoms with Crippen molar-refractivity contribution in [3.8, 4) is 5.75 Å². The van der Waals surface area contributed by atoms with Gasteiger partial charge in [0.2, 0.25) is 5.13 Å². The molecule has 24 heavy (non-hydrogen) atoms. The summed E-state index contributed by atoms with van der Waals surface area (Å²) in [5.74, 6) is 1.68. The predicted octanol–water partition coefficient (Wildman–Crippen LogP) is 2.58. The van der Waals surface area contributed by atoms with Crippen molar-refractivity contribution in [2.75, 3.05) is 45.3 Å². The average Bonchev–Trinajstić information content (AvgIpc) is 3.10. The van der Waals surface area contributed by atoms with Crippen LogP contribution in [0, 0.1) is 0 Å². The molecule has 2 heterocycles. The summed E-state index contributed by atoms with van der Waals surface area (Å²) in [6.45, 7) is 6.69. The lowest BCUT2D eigenvalue weighted by Crippen LogP contribution is -2.47. The van der Waals surface area contributed by atoms with Gasteiger partial charge in [0.15, 0.2) is 5.82 Å². The molecular weight excluding hydrogens is 324 g/mol. The zero-order chi connectivity index (χ0) is 16.9. The lowest BCUT2D eigenvalue weighted by Gasteiger charge is -2.38. The molecule has 1 aliphatic heterocycles. The van der Waals surface area contributed by atoms with Crippen LogP contribution in [0.15, 0.2) is 24.3 Å². The smallest absolute Gasteiger partial charge is 0.205 e. The van der Waals surface area contributed by atoms with Gasteiger partial charge in [0.25, 0.3) is 0 Å². The molecule has 1 fully saturated rings. The number of methoxy groups -OCH3 is 2. The second-order valence-corrected chi connectivity index (χ2v) is 6.63. The van der Waals surface area contributed by atoms with Gasteiger partial charge in [-0.2, -0.15) is 4.37 Å². The van der Waals surface area contributed by atoms with E-state index in [9.17, 15) is 0 Å². The van der Waals surface area contributed by atoms with Crippen molar-refractivity contribution in [2.45, 2.75) is 19.6 Å². The molecule has 1 aliphatic rings. The molecular formula is C17H24N4O2S. The summed E-state index contributed by atoms with van der Waals surface area (Å²) in [6.07, 6.45) is 0. The molecule has 0 N–H and O–H groups in total. The molecule has 1 atom stereocenters. The fraction of sp³-hybridized carbons (Fsp3) is 0.529. The Morgan fingerprint density at radius 3 is 2.71 bits per heavy atom. The number of hydrogen-bond donors (Lipinski definition) is 0. The van der Waals surface area contributed by atoms with E-state index in [4.69, 9.17) is 9.47 Å². The Hall–Kier alpha value is -1.70. The van der Waals surface area contributed by atoms with Gasteiger partial charge in [0, 0.05) is 50.9 Å². The molecule has 0 amide bonds.